The summed E-state index contributed by atoms with van der Waals surface area (Å²) in [4.78, 5) is 13.9. The molecule has 1 amide bonds. The average molecular weight is 354 g/mol. The maximum atomic E-state index is 13.7. The molecule has 0 spiro atoms. The zero-order valence-corrected chi connectivity index (χ0v) is 14.4. The van der Waals surface area contributed by atoms with Crippen LogP contribution in [0.1, 0.15) is 16.1 Å². The molecule has 0 N–H and O–H groups in total. The molecule has 3 aromatic rings. The predicted molar refractivity (Wildman–Crippen MR) is 94.4 cm³/mol. The molecule has 0 radical (unpaired) electrons. The van der Waals surface area contributed by atoms with E-state index in [2.05, 4.69) is 10.3 Å². The molecule has 0 unspecified atom stereocenters. The number of likely N-dealkylation sites (N-methyl/N-ethyl adjacent to an activating group) is 1. The zero-order chi connectivity index (χ0) is 18.4. The lowest BCUT2D eigenvalue weighted by Crippen LogP contribution is -2.31. The van der Waals surface area contributed by atoms with E-state index in [4.69, 9.17) is 4.74 Å². The van der Waals surface area contributed by atoms with Gasteiger partial charge in [0.15, 0.2) is 5.69 Å². The molecule has 26 heavy (non-hydrogen) atoms. The van der Waals surface area contributed by atoms with Crippen molar-refractivity contribution in [3.63, 3.8) is 0 Å². The fraction of sp³-hybridized carbons (Fsp3) is 0.211. The number of para-hydroxylation sites is 1. The molecule has 3 rings (SSSR count). The number of carbonyl (C=O) groups excluding carboxylic acids is 1. The summed E-state index contributed by atoms with van der Waals surface area (Å²) in [5.41, 5.74) is 0.699. The molecule has 6 nitrogen and oxygen atoms in total. The van der Waals surface area contributed by atoms with Crippen LogP contribution in [0.15, 0.2) is 60.8 Å². The first-order valence-electron chi connectivity index (χ1n) is 8.20. The summed E-state index contributed by atoms with van der Waals surface area (Å²) in [6.07, 6.45) is 1.52. The van der Waals surface area contributed by atoms with Crippen molar-refractivity contribution in [3.8, 4) is 5.75 Å². The van der Waals surface area contributed by atoms with Crippen LogP contribution in [0.25, 0.3) is 0 Å². The maximum Gasteiger partial charge on any atom is 0.275 e. The molecule has 0 saturated carbocycles. The number of aromatic nitrogens is 3. The Kier molecular flexibility index (Phi) is 5.58. The van der Waals surface area contributed by atoms with Gasteiger partial charge in [0.1, 0.15) is 18.2 Å². The second kappa shape index (κ2) is 8.24. The maximum absolute atomic E-state index is 13.7. The summed E-state index contributed by atoms with van der Waals surface area (Å²) in [6.45, 7) is 0.997. The molecule has 134 valence electrons. The van der Waals surface area contributed by atoms with E-state index in [0.29, 0.717) is 18.7 Å². The van der Waals surface area contributed by atoms with Crippen LogP contribution in [0.2, 0.25) is 0 Å². The van der Waals surface area contributed by atoms with Crippen LogP contribution >= 0.6 is 0 Å². The molecule has 0 aliphatic carbocycles. The molecule has 0 atom stereocenters. The summed E-state index contributed by atoms with van der Waals surface area (Å²) in [7, 11) is 1.67. The minimum atomic E-state index is -0.314. The van der Waals surface area contributed by atoms with Crippen molar-refractivity contribution in [2.24, 2.45) is 0 Å². The topological polar surface area (TPSA) is 60.2 Å². The van der Waals surface area contributed by atoms with Gasteiger partial charge in [0, 0.05) is 12.6 Å². The van der Waals surface area contributed by atoms with Crippen LogP contribution in [-0.2, 0) is 6.54 Å². The number of benzene rings is 2. The second-order valence-corrected chi connectivity index (χ2v) is 5.78. The number of halogens is 1. The van der Waals surface area contributed by atoms with E-state index in [0.717, 1.165) is 5.75 Å². The molecule has 2 aromatic carbocycles. The minimum absolute atomic E-state index is 0.212. The average Bonchev–Trinajstić information content (AvgIpc) is 3.12. The van der Waals surface area contributed by atoms with E-state index in [1.807, 2.05) is 30.3 Å². The van der Waals surface area contributed by atoms with Crippen molar-refractivity contribution in [1.29, 1.82) is 0 Å². The van der Waals surface area contributed by atoms with E-state index in [1.165, 1.54) is 21.8 Å². The van der Waals surface area contributed by atoms with Crippen molar-refractivity contribution < 1.29 is 13.9 Å². The van der Waals surface area contributed by atoms with E-state index < -0.39 is 0 Å². The van der Waals surface area contributed by atoms with Gasteiger partial charge < -0.3 is 9.64 Å². The predicted octanol–water partition coefficient (Wildman–Crippen LogP) is 2.62. The van der Waals surface area contributed by atoms with Gasteiger partial charge in [-0.3, -0.25) is 4.79 Å². The standard InChI is InChI=1S/C19H19FN4O2/c1-23(11-12-26-16-8-3-2-4-9-16)19(25)18-14-24(22-21-18)13-15-7-5-6-10-17(15)20/h2-10,14H,11-13H2,1H3. The van der Waals surface area contributed by atoms with Crippen LogP contribution < -0.4 is 4.74 Å². The van der Waals surface area contributed by atoms with Gasteiger partial charge in [-0.15, -0.1) is 5.10 Å². The molecule has 0 aliphatic rings. The van der Waals surface area contributed by atoms with Gasteiger partial charge in [-0.05, 0) is 18.2 Å². The number of hydrogen-bond donors (Lipinski definition) is 0. The largest absolute Gasteiger partial charge is 0.492 e. The highest BCUT2D eigenvalue weighted by atomic mass is 19.1. The SMILES string of the molecule is CN(CCOc1ccccc1)C(=O)c1cn(Cc2ccccc2F)nn1. The summed E-state index contributed by atoms with van der Waals surface area (Å²) >= 11 is 0. The number of ether oxygens (including phenoxy) is 1. The summed E-state index contributed by atoms with van der Waals surface area (Å²) in [6, 6.07) is 15.8. The Bertz CT molecular complexity index is 867. The van der Waals surface area contributed by atoms with E-state index >= 15 is 0 Å². The Morgan fingerprint density at radius 3 is 2.65 bits per heavy atom. The van der Waals surface area contributed by atoms with Gasteiger partial charge in [0.05, 0.1) is 19.3 Å². The molecular weight excluding hydrogens is 335 g/mol. The highest BCUT2D eigenvalue weighted by Crippen LogP contribution is 2.10. The van der Waals surface area contributed by atoms with Crippen LogP contribution in [0, 0.1) is 5.82 Å². The highest BCUT2D eigenvalue weighted by Gasteiger charge is 2.16. The van der Waals surface area contributed by atoms with Crippen LogP contribution in [0.5, 0.6) is 5.75 Å². The number of hydrogen-bond acceptors (Lipinski definition) is 4. The van der Waals surface area contributed by atoms with Gasteiger partial charge in [-0.1, -0.05) is 41.6 Å². The van der Waals surface area contributed by atoms with Gasteiger partial charge in [0.2, 0.25) is 0 Å². The quantitative estimate of drug-likeness (QED) is 0.654. The van der Waals surface area contributed by atoms with Gasteiger partial charge >= 0.3 is 0 Å². The Morgan fingerprint density at radius 2 is 1.88 bits per heavy atom. The number of rotatable bonds is 7. The smallest absolute Gasteiger partial charge is 0.275 e. The lowest BCUT2D eigenvalue weighted by molar-refractivity contribution is 0.0768. The highest BCUT2D eigenvalue weighted by molar-refractivity contribution is 5.91. The van der Waals surface area contributed by atoms with E-state index in [1.54, 1.807) is 25.2 Å². The Labute approximate surface area is 150 Å². The molecule has 0 aliphatic heterocycles. The molecule has 1 heterocycles. The molecular formula is C19H19FN4O2. The summed E-state index contributed by atoms with van der Waals surface area (Å²) in [5, 5.41) is 7.79. The lowest BCUT2D eigenvalue weighted by Gasteiger charge is -2.16. The fourth-order valence-electron chi connectivity index (χ4n) is 2.39. The van der Waals surface area contributed by atoms with Gasteiger partial charge in [-0.2, -0.15) is 0 Å². The number of carbonyl (C=O) groups is 1. The molecule has 0 bridgehead atoms. The first-order chi connectivity index (χ1) is 12.6. The zero-order valence-electron chi connectivity index (χ0n) is 14.4. The third-order valence-corrected chi connectivity index (χ3v) is 3.83. The van der Waals surface area contributed by atoms with Crippen LogP contribution in [-0.4, -0.2) is 46.0 Å². The minimum Gasteiger partial charge on any atom is -0.492 e. The summed E-state index contributed by atoms with van der Waals surface area (Å²) < 4.78 is 20.7. The summed E-state index contributed by atoms with van der Waals surface area (Å²) in [5.74, 6) is 0.177. The van der Waals surface area contributed by atoms with Crippen LogP contribution in [0.4, 0.5) is 4.39 Å². The van der Waals surface area contributed by atoms with Crippen molar-refractivity contribution in [2.45, 2.75) is 6.54 Å². The lowest BCUT2D eigenvalue weighted by atomic mass is 10.2. The monoisotopic (exact) mass is 354 g/mol. The fourth-order valence-corrected chi connectivity index (χ4v) is 2.39. The van der Waals surface area contributed by atoms with Crippen molar-refractivity contribution >= 4 is 5.91 Å². The van der Waals surface area contributed by atoms with Crippen molar-refractivity contribution in [1.82, 2.24) is 19.9 Å². The number of nitrogens with zero attached hydrogens (tertiary/aromatic N) is 4. The Hall–Kier alpha value is -3.22. The Morgan fingerprint density at radius 1 is 1.15 bits per heavy atom. The van der Waals surface area contributed by atoms with Crippen molar-refractivity contribution in [2.75, 3.05) is 20.2 Å². The van der Waals surface area contributed by atoms with Gasteiger partial charge in [0.25, 0.3) is 5.91 Å². The second-order valence-electron chi connectivity index (χ2n) is 5.78. The third-order valence-electron chi connectivity index (χ3n) is 3.83. The molecule has 0 saturated heterocycles. The Balaban J connectivity index is 1.54. The van der Waals surface area contributed by atoms with Crippen LogP contribution in [0.3, 0.4) is 0 Å². The molecule has 7 heteroatoms. The normalized spacial score (nSPS) is 10.5. The number of amides is 1. The molecule has 1 aromatic heterocycles. The third kappa shape index (κ3) is 4.44. The first kappa shape index (κ1) is 17.6. The van der Waals surface area contributed by atoms with Gasteiger partial charge in [-0.25, -0.2) is 9.07 Å². The van der Waals surface area contributed by atoms with E-state index in [9.17, 15) is 9.18 Å². The molecule has 0 fully saturated rings. The van der Waals surface area contributed by atoms with Crippen molar-refractivity contribution in [3.05, 3.63) is 77.9 Å². The first-order valence-corrected chi connectivity index (χ1v) is 8.20. The van der Waals surface area contributed by atoms with E-state index in [-0.39, 0.29) is 24.0 Å².